The van der Waals surface area contributed by atoms with Crippen molar-refractivity contribution < 1.29 is 4.79 Å². The fourth-order valence-electron chi connectivity index (χ4n) is 2.65. The van der Waals surface area contributed by atoms with Crippen LogP contribution in [0.5, 0.6) is 0 Å². The van der Waals surface area contributed by atoms with Crippen LogP contribution >= 0.6 is 0 Å². The molecule has 130 valence electrons. The van der Waals surface area contributed by atoms with Gasteiger partial charge in [-0.15, -0.1) is 0 Å². The Morgan fingerprint density at radius 3 is 2.77 bits per heavy atom. The Kier molecular flexibility index (Phi) is 5.06. The lowest BCUT2D eigenvalue weighted by atomic mass is 10.2. The van der Waals surface area contributed by atoms with E-state index in [9.17, 15) is 9.59 Å². The summed E-state index contributed by atoms with van der Waals surface area (Å²) in [6.07, 6.45) is 0. The number of H-pyrrole nitrogens is 1. The van der Waals surface area contributed by atoms with E-state index in [1.165, 1.54) is 0 Å². The van der Waals surface area contributed by atoms with Crippen molar-refractivity contribution in [3.8, 4) is 6.07 Å². The molecule has 0 atom stereocenters. The zero-order valence-electron chi connectivity index (χ0n) is 14.2. The minimum absolute atomic E-state index is 0.0936. The molecular weight excluding hydrogens is 330 g/mol. The summed E-state index contributed by atoms with van der Waals surface area (Å²) in [6, 6.07) is 16.0. The second-order valence-electron chi connectivity index (χ2n) is 5.91. The van der Waals surface area contributed by atoms with Crippen molar-refractivity contribution >= 4 is 22.5 Å². The van der Waals surface area contributed by atoms with Gasteiger partial charge in [0.2, 0.25) is 5.91 Å². The third-order valence-corrected chi connectivity index (χ3v) is 3.82. The number of aromatic nitrogens is 2. The van der Waals surface area contributed by atoms with Gasteiger partial charge >= 0.3 is 0 Å². The van der Waals surface area contributed by atoms with Crippen LogP contribution in [0, 0.1) is 11.3 Å². The second-order valence-corrected chi connectivity index (χ2v) is 5.91. The summed E-state index contributed by atoms with van der Waals surface area (Å²) >= 11 is 0. The summed E-state index contributed by atoms with van der Waals surface area (Å²) in [4.78, 5) is 33.2. The van der Waals surface area contributed by atoms with E-state index in [0.717, 1.165) is 0 Å². The normalized spacial score (nSPS) is 10.7. The van der Waals surface area contributed by atoms with E-state index in [2.05, 4.69) is 15.3 Å². The number of hydrogen-bond acceptors (Lipinski definition) is 5. The lowest BCUT2D eigenvalue weighted by Crippen LogP contribution is -2.31. The Bertz CT molecular complexity index is 1050. The van der Waals surface area contributed by atoms with Crippen LogP contribution in [0.15, 0.2) is 53.3 Å². The van der Waals surface area contributed by atoms with Gasteiger partial charge < -0.3 is 10.3 Å². The molecule has 0 saturated heterocycles. The van der Waals surface area contributed by atoms with Gasteiger partial charge in [0.25, 0.3) is 5.56 Å². The van der Waals surface area contributed by atoms with E-state index < -0.39 is 0 Å². The van der Waals surface area contributed by atoms with Crippen molar-refractivity contribution in [3.63, 3.8) is 0 Å². The first-order chi connectivity index (χ1) is 12.6. The van der Waals surface area contributed by atoms with Gasteiger partial charge in [0.1, 0.15) is 11.9 Å². The van der Waals surface area contributed by atoms with Gasteiger partial charge in [0.05, 0.1) is 35.2 Å². The molecule has 0 radical (unpaired) electrons. The van der Waals surface area contributed by atoms with Crippen LogP contribution in [-0.4, -0.2) is 34.4 Å². The summed E-state index contributed by atoms with van der Waals surface area (Å²) < 4.78 is 0. The zero-order valence-corrected chi connectivity index (χ0v) is 14.2. The van der Waals surface area contributed by atoms with Crippen molar-refractivity contribution in [2.45, 2.75) is 6.54 Å². The topological polar surface area (TPSA) is 102 Å². The van der Waals surface area contributed by atoms with Crippen LogP contribution in [0.2, 0.25) is 0 Å². The van der Waals surface area contributed by atoms with Crippen LogP contribution < -0.4 is 10.9 Å². The molecule has 1 heterocycles. The second kappa shape index (κ2) is 7.59. The Morgan fingerprint density at radius 1 is 1.23 bits per heavy atom. The summed E-state index contributed by atoms with van der Waals surface area (Å²) in [5.41, 5.74) is 1.30. The highest BCUT2D eigenvalue weighted by Gasteiger charge is 2.11. The zero-order chi connectivity index (χ0) is 18.5. The highest BCUT2D eigenvalue weighted by atomic mass is 16.2. The first kappa shape index (κ1) is 17.3. The predicted molar refractivity (Wildman–Crippen MR) is 98.5 cm³/mol. The van der Waals surface area contributed by atoms with E-state index in [4.69, 9.17) is 5.26 Å². The largest absolute Gasteiger partial charge is 0.324 e. The number of amides is 1. The molecule has 0 fully saturated rings. The molecule has 7 heteroatoms. The number of rotatable bonds is 5. The van der Waals surface area contributed by atoms with Gasteiger partial charge in [-0.3, -0.25) is 14.5 Å². The average Bonchev–Trinajstić information content (AvgIpc) is 2.62. The Hall–Kier alpha value is -3.50. The molecule has 0 aliphatic carbocycles. The van der Waals surface area contributed by atoms with E-state index >= 15 is 0 Å². The standard InChI is InChI=1S/C19H17N5O2/c1-24(12-18(25)22-15-8-4-2-6-13(15)10-20)11-17-21-16-9-5-3-7-14(16)19(26)23-17/h2-9H,11-12H2,1H3,(H,22,25)(H,21,23,26). The van der Waals surface area contributed by atoms with Crippen LogP contribution in [0.1, 0.15) is 11.4 Å². The number of benzene rings is 2. The Labute approximate surface area is 149 Å². The molecule has 3 rings (SSSR count). The highest BCUT2D eigenvalue weighted by molar-refractivity contribution is 5.93. The van der Waals surface area contributed by atoms with E-state index in [1.54, 1.807) is 54.4 Å². The molecule has 7 nitrogen and oxygen atoms in total. The number of carbonyl (C=O) groups excluding carboxylic acids is 1. The van der Waals surface area contributed by atoms with Gasteiger partial charge in [-0.2, -0.15) is 5.26 Å². The SMILES string of the molecule is CN(CC(=O)Nc1ccccc1C#N)Cc1nc2ccccc2c(=O)[nH]1. The Balaban J connectivity index is 1.67. The van der Waals surface area contributed by atoms with E-state index in [1.807, 2.05) is 12.1 Å². The summed E-state index contributed by atoms with van der Waals surface area (Å²) in [5.74, 6) is 0.236. The molecule has 0 bridgehead atoms. The molecule has 1 amide bonds. The molecule has 0 aliphatic heterocycles. The van der Waals surface area contributed by atoms with Crippen LogP contribution in [-0.2, 0) is 11.3 Å². The van der Waals surface area contributed by atoms with Crippen molar-refractivity contribution in [1.82, 2.24) is 14.9 Å². The lowest BCUT2D eigenvalue weighted by Gasteiger charge is -2.16. The predicted octanol–water partition coefficient (Wildman–Crippen LogP) is 1.87. The molecule has 0 unspecified atom stereocenters. The number of hydrogen-bond donors (Lipinski definition) is 2. The van der Waals surface area contributed by atoms with Crippen LogP contribution in [0.3, 0.4) is 0 Å². The highest BCUT2D eigenvalue weighted by Crippen LogP contribution is 2.13. The molecule has 1 aromatic heterocycles. The molecule has 3 aromatic rings. The minimum atomic E-state index is -0.252. The van der Waals surface area contributed by atoms with Gasteiger partial charge in [0.15, 0.2) is 0 Å². The molecule has 26 heavy (non-hydrogen) atoms. The summed E-state index contributed by atoms with van der Waals surface area (Å²) in [6.45, 7) is 0.406. The molecule has 0 aliphatic rings. The fourth-order valence-corrected chi connectivity index (χ4v) is 2.65. The fraction of sp³-hybridized carbons (Fsp3) is 0.158. The van der Waals surface area contributed by atoms with E-state index in [-0.39, 0.29) is 18.0 Å². The van der Waals surface area contributed by atoms with Gasteiger partial charge in [-0.05, 0) is 31.3 Å². The maximum Gasteiger partial charge on any atom is 0.258 e. The monoisotopic (exact) mass is 347 g/mol. The summed E-state index contributed by atoms with van der Waals surface area (Å²) in [5, 5.41) is 12.3. The number of fused-ring (bicyclic) bond motifs is 1. The first-order valence-electron chi connectivity index (χ1n) is 8.02. The molecule has 0 spiro atoms. The maximum absolute atomic E-state index is 12.2. The quantitative estimate of drug-likeness (QED) is 0.733. The number of para-hydroxylation sites is 2. The number of aromatic amines is 1. The minimum Gasteiger partial charge on any atom is -0.324 e. The van der Waals surface area contributed by atoms with Gasteiger partial charge in [-0.1, -0.05) is 24.3 Å². The van der Waals surface area contributed by atoms with Crippen LogP contribution in [0.4, 0.5) is 5.69 Å². The average molecular weight is 347 g/mol. The summed E-state index contributed by atoms with van der Waals surface area (Å²) in [7, 11) is 1.75. The first-order valence-corrected chi connectivity index (χ1v) is 8.02. The lowest BCUT2D eigenvalue weighted by molar-refractivity contribution is -0.117. The molecule has 0 saturated carbocycles. The van der Waals surface area contributed by atoms with Gasteiger partial charge in [-0.25, -0.2) is 4.98 Å². The molecule has 2 N–H and O–H groups in total. The number of nitrogens with one attached hydrogen (secondary N) is 2. The maximum atomic E-state index is 12.2. The number of anilines is 1. The third-order valence-electron chi connectivity index (χ3n) is 3.82. The Morgan fingerprint density at radius 2 is 1.96 bits per heavy atom. The van der Waals surface area contributed by atoms with Gasteiger partial charge in [0, 0.05) is 0 Å². The van der Waals surface area contributed by atoms with Crippen molar-refractivity contribution in [1.29, 1.82) is 5.26 Å². The number of nitrogens with zero attached hydrogens (tertiary/aromatic N) is 3. The van der Waals surface area contributed by atoms with E-state index in [0.29, 0.717) is 34.5 Å². The number of nitriles is 1. The van der Waals surface area contributed by atoms with Crippen molar-refractivity contribution in [2.24, 2.45) is 0 Å². The smallest absolute Gasteiger partial charge is 0.258 e. The third kappa shape index (κ3) is 3.94. The van der Waals surface area contributed by atoms with Crippen molar-refractivity contribution in [2.75, 3.05) is 18.9 Å². The molecule has 2 aromatic carbocycles. The molecular formula is C19H17N5O2. The van der Waals surface area contributed by atoms with Crippen molar-refractivity contribution in [3.05, 3.63) is 70.3 Å². The number of carbonyl (C=O) groups is 1. The van der Waals surface area contributed by atoms with Crippen LogP contribution in [0.25, 0.3) is 10.9 Å². The number of likely N-dealkylation sites (N-methyl/N-ethyl adjacent to an activating group) is 1.